The molecule has 0 aromatic heterocycles. The molecule has 1 atom stereocenters. The van der Waals surface area contributed by atoms with Crippen molar-refractivity contribution in [2.75, 3.05) is 13.2 Å². The lowest BCUT2D eigenvalue weighted by Gasteiger charge is -2.25. The molecule has 0 amide bonds. The maximum Gasteiger partial charge on any atom is 0.318 e. The van der Waals surface area contributed by atoms with E-state index in [1.165, 1.54) is 0 Å². The van der Waals surface area contributed by atoms with Crippen LogP contribution in [0.3, 0.4) is 0 Å². The van der Waals surface area contributed by atoms with Crippen LogP contribution in [0.1, 0.15) is 5.56 Å². The molecular weight excluding hydrogens is 265 g/mol. The van der Waals surface area contributed by atoms with E-state index in [0.717, 1.165) is 0 Å². The Labute approximate surface area is 95.2 Å². The Morgan fingerprint density at radius 2 is 2.27 bits per heavy atom. The van der Waals surface area contributed by atoms with Crippen molar-refractivity contribution in [2.24, 2.45) is 5.73 Å². The first-order valence-electron chi connectivity index (χ1n) is 4.32. The van der Waals surface area contributed by atoms with Crippen LogP contribution in [0.5, 0.6) is 0 Å². The van der Waals surface area contributed by atoms with Gasteiger partial charge in [0.15, 0.2) is 0 Å². The second-order valence-corrected chi connectivity index (χ2v) is 4.15. The second-order valence-electron chi connectivity index (χ2n) is 3.24. The van der Waals surface area contributed by atoms with Gasteiger partial charge in [-0.3, -0.25) is 4.79 Å². The number of carboxylic acid groups (broad SMARTS) is 1. The number of benzene rings is 1. The van der Waals surface area contributed by atoms with E-state index in [1.54, 1.807) is 24.3 Å². The van der Waals surface area contributed by atoms with E-state index in [9.17, 15) is 9.18 Å². The molecule has 0 spiro atoms. The van der Waals surface area contributed by atoms with Crippen LogP contribution in [0.25, 0.3) is 0 Å². The number of carbonyl (C=O) groups is 1. The zero-order chi connectivity index (χ0) is 11.5. The lowest BCUT2D eigenvalue weighted by Crippen LogP contribution is -2.45. The number of alkyl halides is 1. The smallest absolute Gasteiger partial charge is 0.318 e. The van der Waals surface area contributed by atoms with Crippen molar-refractivity contribution < 1.29 is 14.3 Å². The minimum Gasteiger partial charge on any atom is -0.480 e. The molecule has 0 saturated carbocycles. The van der Waals surface area contributed by atoms with Gasteiger partial charge in [-0.05, 0) is 17.7 Å². The summed E-state index contributed by atoms with van der Waals surface area (Å²) in [5, 5.41) is 9.03. The fourth-order valence-electron chi connectivity index (χ4n) is 1.30. The molecule has 1 aromatic rings. The predicted octanol–water partition coefficient (Wildman–Crippen LogP) is 1.70. The molecule has 1 rings (SSSR count). The van der Waals surface area contributed by atoms with Crippen LogP contribution in [-0.2, 0) is 10.2 Å². The highest BCUT2D eigenvalue weighted by atomic mass is 79.9. The number of nitrogens with two attached hydrogens (primary N) is 1. The van der Waals surface area contributed by atoms with E-state index in [2.05, 4.69) is 15.9 Å². The van der Waals surface area contributed by atoms with Crippen molar-refractivity contribution in [3.8, 4) is 0 Å². The Morgan fingerprint density at radius 3 is 2.67 bits per heavy atom. The number of hydrogen-bond acceptors (Lipinski definition) is 2. The van der Waals surface area contributed by atoms with Crippen molar-refractivity contribution in [1.82, 2.24) is 0 Å². The third kappa shape index (κ3) is 2.18. The molecule has 15 heavy (non-hydrogen) atoms. The SMILES string of the molecule is NCC(CF)(C(=O)O)c1cccc(Br)c1. The molecule has 0 aliphatic rings. The Bertz CT molecular complexity index is 366. The monoisotopic (exact) mass is 275 g/mol. The summed E-state index contributed by atoms with van der Waals surface area (Å²) in [7, 11) is 0. The summed E-state index contributed by atoms with van der Waals surface area (Å²) in [4.78, 5) is 11.1. The Kier molecular flexibility index (Phi) is 3.82. The van der Waals surface area contributed by atoms with Crippen LogP contribution in [-0.4, -0.2) is 24.3 Å². The molecule has 0 saturated heterocycles. The van der Waals surface area contributed by atoms with Crippen LogP contribution in [0.2, 0.25) is 0 Å². The molecule has 0 aliphatic carbocycles. The van der Waals surface area contributed by atoms with Crippen LogP contribution >= 0.6 is 15.9 Å². The van der Waals surface area contributed by atoms with Gasteiger partial charge in [-0.2, -0.15) is 0 Å². The van der Waals surface area contributed by atoms with Crippen LogP contribution in [0.4, 0.5) is 4.39 Å². The summed E-state index contributed by atoms with van der Waals surface area (Å²) < 4.78 is 13.6. The molecule has 0 bridgehead atoms. The molecule has 0 fully saturated rings. The summed E-state index contributed by atoms with van der Waals surface area (Å²) in [6.07, 6.45) is 0. The van der Waals surface area contributed by atoms with Crippen molar-refractivity contribution in [3.63, 3.8) is 0 Å². The summed E-state index contributed by atoms with van der Waals surface area (Å²) in [5.41, 5.74) is 4.10. The number of carboxylic acids is 1. The van der Waals surface area contributed by atoms with Gasteiger partial charge in [0, 0.05) is 11.0 Å². The first kappa shape index (κ1) is 12.1. The lowest BCUT2D eigenvalue weighted by molar-refractivity contribution is -0.144. The molecule has 0 heterocycles. The number of aliphatic carboxylic acids is 1. The largest absolute Gasteiger partial charge is 0.480 e. The maximum absolute atomic E-state index is 12.9. The first-order chi connectivity index (χ1) is 7.06. The maximum atomic E-state index is 12.9. The molecule has 5 heteroatoms. The highest BCUT2D eigenvalue weighted by molar-refractivity contribution is 9.10. The van der Waals surface area contributed by atoms with Crippen molar-refractivity contribution in [3.05, 3.63) is 34.3 Å². The normalized spacial score (nSPS) is 14.6. The zero-order valence-electron chi connectivity index (χ0n) is 7.91. The van der Waals surface area contributed by atoms with Gasteiger partial charge < -0.3 is 10.8 Å². The van der Waals surface area contributed by atoms with Gasteiger partial charge in [0.05, 0.1) is 0 Å². The van der Waals surface area contributed by atoms with Gasteiger partial charge in [-0.25, -0.2) is 4.39 Å². The van der Waals surface area contributed by atoms with E-state index >= 15 is 0 Å². The molecule has 0 radical (unpaired) electrons. The fraction of sp³-hybridized carbons (Fsp3) is 0.300. The van der Waals surface area contributed by atoms with E-state index < -0.39 is 18.1 Å². The van der Waals surface area contributed by atoms with Gasteiger partial charge in [0.25, 0.3) is 0 Å². The second kappa shape index (κ2) is 4.72. The van der Waals surface area contributed by atoms with Gasteiger partial charge in [-0.1, -0.05) is 28.1 Å². The first-order valence-corrected chi connectivity index (χ1v) is 5.11. The van der Waals surface area contributed by atoms with Crippen molar-refractivity contribution in [2.45, 2.75) is 5.41 Å². The van der Waals surface area contributed by atoms with E-state index in [-0.39, 0.29) is 6.54 Å². The van der Waals surface area contributed by atoms with E-state index in [0.29, 0.717) is 10.0 Å². The van der Waals surface area contributed by atoms with Crippen molar-refractivity contribution in [1.29, 1.82) is 0 Å². The number of hydrogen-bond donors (Lipinski definition) is 2. The van der Waals surface area contributed by atoms with Gasteiger partial charge in [0.1, 0.15) is 12.1 Å². The third-order valence-corrected chi connectivity index (χ3v) is 2.86. The van der Waals surface area contributed by atoms with Gasteiger partial charge >= 0.3 is 5.97 Å². The molecule has 82 valence electrons. The quantitative estimate of drug-likeness (QED) is 0.879. The van der Waals surface area contributed by atoms with Crippen LogP contribution < -0.4 is 5.73 Å². The Morgan fingerprint density at radius 1 is 1.60 bits per heavy atom. The average molecular weight is 276 g/mol. The van der Waals surface area contributed by atoms with Crippen LogP contribution in [0, 0.1) is 0 Å². The summed E-state index contributed by atoms with van der Waals surface area (Å²) >= 11 is 3.21. The predicted molar refractivity (Wildman–Crippen MR) is 58.5 cm³/mol. The highest BCUT2D eigenvalue weighted by Gasteiger charge is 2.39. The third-order valence-electron chi connectivity index (χ3n) is 2.36. The number of rotatable bonds is 4. The molecule has 1 aromatic carbocycles. The highest BCUT2D eigenvalue weighted by Crippen LogP contribution is 2.26. The Balaban J connectivity index is 3.26. The van der Waals surface area contributed by atoms with E-state index in [4.69, 9.17) is 10.8 Å². The molecule has 3 nitrogen and oxygen atoms in total. The van der Waals surface area contributed by atoms with Crippen molar-refractivity contribution >= 4 is 21.9 Å². The summed E-state index contributed by atoms with van der Waals surface area (Å²) in [5.74, 6) is -1.24. The molecule has 3 N–H and O–H groups in total. The minimum atomic E-state index is -1.64. The standard InChI is InChI=1S/C10H11BrFNO2/c11-8-3-1-2-7(4-8)10(5-12,6-13)9(14)15/h1-4H,5-6,13H2,(H,14,15). The fourth-order valence-corrected chi connectivity index (χ4v) is 1.70. The van der Waals surface area contributed by atoms with Crippen LogP contribution in [0.15, 0.2) is 28.7 Å². The molecule has 0 aliphatic heterocycles. The van der Waals surface area contributed by atoms with Gasteiger partial charge in [0.2, 0.25) is 0 Å². The topological polar surface area (TPSA) is 63.3 Å². The minimum absolute atomic E-state index is 0.269. The molecular formula is C10H11BrFNO2. The molecule has 1 unspecified atom stereocenters. The summed E-state index contributed by atoms with van der Waals surface area (Å²) in [6.45, 7) is -1.29. The van der Waals surface area contributed by atoms with Gasteiger partial charge in [-0.15, -0.1) is 0 Å². The average Bonchev–Trinajstić information content (AvgIpc) is 2.20. The summed E-state index contributed by atoms with van der Waals surface area (Å²) in [6, 6.07) is 6.53. The Hall–Kier alpha value is -0.940. The zero-order valence-corrected chi connectivity index (χ0v) is 9.50. The lowest BCUT2D eigenvalue weighted by atomic mass is 9.82. The van der Waals surface area contributed by atoms with E-state index in [1.807, 2.05) is 0 Å². The number of halogens is 2.